The van der Waals surface area contributed by atoms with Crippen molar-refractivity contribution in [2.75, 3.05) is 44.3 Å². The van der Waals surface area contributed by atoms with Gasteiger partial charge < -0.3 is 4.90 Å². The van der Waals surface area contributed by atoms with Crippen molar-refractivity contribution in [1.29, 1.82) is 0 Å². The van der Waals surface area contributed by atoms with Gasteiger partial charge in [-0.05, 0) is 18.1 Å². The predicted octanol–water partition coefficient (Wildman–Crippen LogP) is 1.87. The molecule has 8 heteroatoms. The van der Waals surface area contributed by atoms with Crippen molar-refractivity contribution < 1.29 is 14.4 Å². The second-order valence-corrected chi connectivity index (χ2v) is 7.43. The minimum atomic E-state index is -0.732. The molecule has 0 aliphatic carbocycles. The van der Waals surface area contributed by atoms with E-state index in [2.05, 4.69) is 4.90 Å². The van der Waals surface area contributed by atoms with E-state index in [1.54, 1.807) is 0 Å². The van der Waals surface area contributed by atoms with Gasteiger partial charge >= 0.3 is 17.8 Å². The number of imide groups is 2. The molecule has 26 heavy (non-hydrogen) atoms. The summed E-state index contributed by atoms with van der Waals surface area (Å²) < 4.78 is 0. The fraction of sp³-hybridized carbons (Fsp3) is 0.500. The average Bonchev–Trinajstić information content (AvgIpc) is 2.81. The molecule has 0 unspecified atom stereocenters. The number of benzene rings is 1. The van der Waals surface area contributed by atoms with Crippen LogP contribution in [0.3, 0.4) is 0 Å². The zero-order valence-corrected chi connectivity index (χ0v) is 15.8. The Labute approximate surface area is 158 Å². The molecule has 4 amide bonds. The Morgan fingerprint density at radius 1 is 0.962 bits per heavy atom. The van der Waals surface area contributed by atoms with Crippen LogP contribution in [0.2, 0.25) is 5.02 Å². The Morgan fingerprint density at radius 2 is 1.58 bits per heavy atom. The van der Waals surface area contributed by atoms with Crippen LogP contribution in [-0.2, 0) is 9.59 Å². The third-order valence-corrected chi connectivity index (χ3v) is 4.91. The maximum atomic E-state index is 12.4. The second kappa shape index (κ2) is 7.63. The van der Waals surface area contributed by atoms with Crippen molar-refractivity contribution in [2.45, 2.75) is 13.8 Å². The van der Waals surface area contributed by atoms with Crippen LogP contribution in [0.4, 0.5) is 10.5 Å². The summed E-state index contributed by atoms with van der Waals surface area (Å²) in [7, 11) is 0. The molecule has 0 saturated carbocycles. The van der Waals surface area contributed by atoms with Gasteiger partial charge in [0.15, 0.2) is 0 Å². The summed E-state index contributed by atoms with van der Waals surface area (Å²) in [5.74, 6) is -1.34. The first-order valence-electron chi connectivity index (χ1n) is 8.77. The molecule has 7 nitrogen and oxygen atoms in total. The number of hydrogen-bond acceptors (Lipinski definition) is 5. The maximum absolute atomic E-state index is 12.4. The smallest absolute Gasteiger partial charge is 0.335 e. The molecule has 2 aliphatic rings. The van der Waals surface area contributed by atoms with Crippen LogP contribution >= 0.6 is 11.6 Å². The van der Waals surface area contributed by atoms with Crippen LogP contribution in [0.5, 0.6) is 0 Å². The van der Waals surface area contributed by atoms with E-state index < -0.39 is 17.8 Å². The molecular weight excluding hydrogens is 356 g/mol. The number of piperazine rings is 1. The average molecular weight is 379 g/mol. The van der Waals surface area contributed by atoms with Crippen molar-refractivity contribution in [3.63, 3.8) is 0 Å². The van der Waals surface area contributed by atoms with Gasteiger partial charge in [0.1, 0.15) is 0 Å². The normalized spacial score (nSPS) is 19.2. The number of para-hydroxylation sites is 1. The Hall–Kier alpha value is -2.12. The van der Waals surface area contributed by atoms with Gasteiger partial charge in [-0.15, -0.1) is 0 Å². The van der Waals surface area contributed by atoms with Gasteiger partial charge in [-0.1, -0.05) is 37.6 Å². The fourth-order valence-electron chi connectivity index (χ4n) is 3.24. The first-order valence-corrected chi connectivity index (χ1v) is 9.15. The highest BCUT2D eigenvalue weighted by Crippen LogP contribution is 2.26. The Bertz CT molecular complexity index is 716. The molecule has 0 spiro atoms. The van der Waals surface area contributed by atoms with Crippen molar-refractivity contribution in [3.8, 4) is 0 Å². The number of rotatable bonds is 5. The molecule has 2 aliphatic heterocycles. The quantitative estimate of drug-likeness (QED) is 0.578. The third-order valence-electron chi connectivity index (χ3n) is 4.59. The summed E-state index contributed by atoms with van der Waals surface area (Å²) in [6.07, 6.45) is 0. The van der Waals surface area contributed by atoms with E-state index in [0.29, 0.717) is 18.1 Å². The van der Waals surface area contributed by atoms with Crippen LogP contribution in [-0.4, -0.2) is 71.9 Å². The lowest BCUT2D eigenvalue weighted by atomic mass is 10.2. The Balaban J connectivity index is 1.59. The zero-order valence-electron chi connectivity index (χ0n) is 15.0. The number of amides is 4. The molecule has 1 aromatic rings. The van der Waals surface area contributed by atoms with E-state index in [0.717, 1.165) is 28.6 Å². The minimum Gasteiger partial charge on any atom is -0.368 e. The van der Waals surface area contributed by atoms with Crippen molar-refractivity contribution >= 4 is 35.1 Å². The zero-order chi connectivity index (χ0) is 18.8. The Kier molecular flexibility index (Phi) is 5.48. The molecule has 2 saturated heterocycles. The molecular formula is C18H23ClN4O3. The van der Waals surface area contributed by atoms with Crippen molar-refractivity contribution in [3.05, 3.63) is 29.3 Å². The van der Waals surface area contributed by atoms with Crippen LogP contribution in [0.25, 0.3) is 0 Å². The van der Waals surface area contributed by atoms with Crippen LogP contribution in [0.1, 0.15) is 13.8 Å². The first kappa shape index (κ1) is 18.7. The number of urea groups is 1. The topological polar surface area (TPSA) is 64.2 Å². The molecule has 1 aromatic carbocycles. The molecule has 140 valence electrons. The summed E-state index contributed by atoms with van der Waals surface area (Å²) in [5, 5.41) is 0.709. The molecule has 2 heterocycles. The number of nitrogens with zero attached hydrogens (tertiary/aromatic N) is 4. The molecule has 0 radical (unpaired) electrons. The maximum Gasteiger partial charge on any atom is 0.335 e. The fourth-order valence-corrected chi connectivity index (χ4v) is 3.49. The van der Waals surface area contributed by atoms with E-state index in [1.807, 2.05) is 43.0 Å². The summed E-state index contributed by atoms with van der Waals surface area (Å²) >= 11 is 6.25. The van der Waals surface area contributed by atoms with Gasteiger partial charge in [-0.25, -0.2) is 9.69 Å². The number of carbonyl (C=O) groups is 3. The standard InChI is InChI=1S/C18H23ClN4O3/c1-13(2)11-22-16(24)17(25)23(18(22)26)12-20-7-9-21(10-8-20)15-6-4-3-5-14(15)19/h3-6,13H,7-12H2,1-2H3. The van der Waals surface area contributed by atoms with Gasteiger partial charge in [0.05, 0.1) is 17.4 Å². The Morgan fingerprint density at radius 3 is 2.19 bits per heavy atom. The van der Waals surface area contributed by atoms with Gasteiger partial charge in [0.2, 0.25) is 0 Å². The van der Waals surface area contributed by atoms with Gasteiger partial charge in [0, 0.05) is 32.7 Å². The lowest BCUT2D eigenvalue weighted by molar-refractivity contribution is -0.144. The number of carbonyl (C=O) groups excluding carboxylic acids is 3. The summed E-state index contributed by atoms with van der Waals surface area (Å²) in [6, 6.07) is 7.17. The lowest BCUT2D eigenvalue weighted by Crippen LogP contribution is -2.51. The highest BCUT2D eigenvalue weighted by molar-refractivity contribution is 6.44. The van der Waals surface area contributed by atoms with Gasteiger partial charge in [-0.3, -0.25) is 19.4 Å². The highest BCUT2D eigenvalue weighted by Gasteiger charge is 2.45. The van der Waals surface area contributed by atoms with E-state index in [4.69, 9.17) is 11.6 Å². The number of hydrogen-bond donors (Lipinski definition) is 0. The number of halogens is 1. The minimum absolute atomic E-state index is 0.120. The predicted molar refractivity (Wildman–Crippen MR) is 98.9 cm³/mol. The van der Waals surface area contributed by atoms with Gasteiger partial charge in [-0.2, -0.15) is 0 Å². The van der Waals surface area contributed by atoms with E-state index in [-0.39, 0.29) is 19.1 Å². The van der Waals surface area contributed by atoms with Crippen molar-refractivity contribution in [1.82, 2.24) is 14.7 Å². The summed E-state index contributed by atoms with van der Waals surface area (Å²) in [5.41, 5.74) is 0.987. The molecule has 0 N–H and O–H groups in total. The molecule has 2 fully saturated rings. The molecule has 0 bridgehead atoms. The van der Waals surface area contributed by atoms with Crippen molar-refractivity contribution in [2.24, 2.45) is 5.92 Å². The van der Waals surface area contributed by atoms with Crippen LogP contribution in [0, 0.1) is 5.92 Å². The van der Waals surface area contributed by atoms with E-state index in [9.17, 15) is 14.4 Å². The first-order chi connectivity index (χ1) is 12.4. The molecule has 0 atom stereocenters. The molecule has 0 aromatic heterocycles. The van der Waals surface area contributed by atoms with Crippen LogP contribution in [0.15, 0.2) is 24.3 Å². The highest BCUT2D eigenvalue weighted by atomic mass is 35.5. The third kappa shape index (κ3) is 3.68. The second-order valence-electron chi connectivity index (χ2n) is 7.02. The largest absolute Gasteiger partial charge is 0.368 e. The molecule has 3 rings (SSSR count). The van der Waals surface area contributed by atoms with E-state index in [1.165, 1.54) is 0 Å². The number of anilines is 1. The SMILES string of the molecule is CC(C)CN1C(=O)C(=O)N(CN2CCN(c3ccccc3Cl)CC2)C1=O. The summed E-state index contributed by atoms with van der Waals surface area (Å²) in [6.45, 7) is 7.06. The van der Waals surface area contributed by atoms with E-state index >= 15 is 0 Å². The van der Waals surface area contributed by atoms with Crippen LogP contribution < -0.4 is 4.90 Å². The lowest BCUT2D eigenvalue weighted by Gasteiger charge is -2.37. The van der Waals surface area contributed by atoms with Gasteiger partial charge in [0.25, 0.3) is 0 Å². The summed E-state index contributed by atoms with van der Waals surface area (Å²) in [4.78, 5) is 42.9. The monoisotopic (exact) mass is 378 g/mol.